The molecule has 0 N–H and O–H groups in total. The molecule has 1 aliphatic carbocycles. The summed E-state index contributed by atoms with van der Waals surface area (Å²) >= 11 is 0. The maximum Gasteiger partial charge on any atom is 0.107 e. The number of aryl methyl sites for hydroxylation is 1. The summed E-state index contributed by atoms with van der Waals surface area (Å²) in [5.74, 6) is 2.65. The molecular formula is C22H27NO. The Morgan fingerprint density at radius 1 is 1.12 bits per heavy atom. The van der Waals surface area contributed by atoms with Gasteiger partial charge in [0.1, 0.15) is 11.5 Å². The van der Waals surface area contributed by atoms with Crippen LogP contribution in [0.5, 0.6) is 0 Å². The minimum Gasteiger partial charge on any atom is -0.466 e. The highest BCUT2D eigenvalue weighted by Gasteiger charge is 2.37. The van der Waals surface area contributed by atoms with Gasteiger partial charge in [-0.05, 0) is 69.1 Å². The van der Waals surface area contributed by atoms with Gasteiger partial charge in [-0.25, -0.2) is 0 Å². The fourth-order valence-corrected chi connectivity index (χ4v) is 4.28. The Bertz CT molecular complexity index is 734. The molecule has 2 heteroatoms. The number of nitrogens with zero attached hydrogens (tertiary/aromatic N) is 1. The average Bonchev–Trinajstić information content (AvgIpc) is 3.20. The average molecular weight is 321 g/mol. The van der Waals surface area contributed by atoms with Gasteiger partial charge in [-0.2, -0.15) is 0 Å². The molecule has 2 aliphatic rings. The van der Waals surface area contributed by atoms with E-state index >= 15 is 0 Å². The zero-order chi connectivity index (χ0) is 16.6. The summed E-state index contributed by atoms with van der Waals surface area (Å²) in [7, 11) is 0. The predicted octanol–water partition coefficient (Wildman–Crippen LogP) is 5.14. The Morgan fingerprint density at radius 3 is 2.67 bits per heavy atom. The molecule has 1 spiro atoms. The molecule has 2 heterocycles. The molecule has 2 aromatic rings. The first-order chi connectivity index (χ1) is 11.7. The fraction of sp³-hybridized carbons (Fsp3) is 0.455. The van der Waals surface area contributed by atoms with Gasteiger partial charge in [0.25, 0.3) is 0 Å². The lowest BCUT2D eigenvalue weighted by Gasteiger charge is -2.39. The number of likely N-dealkylation sites (tertiary alicyclic amines) is 1. The lowest BCUT2D eigenvalue weighted by molar-refractivity contribution is 0.178. The SMILES string of the molecule is Cc1ccc([C@@H](C)CCN2CCC3(C=Cc4ccccc43)CC2)o1. The molecule has 1 fully saturated rings. The first kappa shape index (κ1) is 15.7. The van der Waals surface area contributed by atoms with Crippen LogP contribution < -0.4 is 0 Å². The monoisotopic (exact) mass is 321 g/mol. The highest BCUT2D eigenvalue weighted by Crippen LogP contribution is 2.43. The number of rotatable bonds is 4. The third kappa shape index (κ3) is 2.84. The first-order valence-corrected chi connectivity index (χ1v) is 9.24. The van der Waals surface area contributed by atoms with Crippen LogP contribution in [0.25, 0.3) is 6.08 Å². The van der Waals surface area contributed by atoms with Gasteiger partial charge >= 0.3 is 0 Å². The van der Waals surface area contributed by atoms with E-state index in [0.29, 0.717) is 11.3 Å². The third-order valence-corrected chi connectivity index (χ3v) is 5.95. The first-order valence-electron chi connectivity index (χ1n) is 9.24. The molecule has 0 unspecified atom stereocenters. The van der Waals surface area contributed by atoms with Crippen LogP contribution in [0.4, 0.5) is 0 Å². The number of fused-ring (bicyclic) bond motifs is 2. The molecule has 1 aromatic carbocycles. The Morgan fingerprint density at radius 2 is 1.92 bits per heavy atom. The smallest absolute Gasteiger partial charge is 0.107 e. The molecule has 1 saturated heterocycles. The third-order valence-electron chi connectivity index (χ3n) is 5.95. The summed E-state index contributed by atoms with van der Waals surface area (Å²) in [5.41, 5.74) is 3.27. The van der Waals surface area contributed by atoms with Gasteiger partial charge in [-0.3, -0.25) is 0 Å². The van der Waals surface area contributed by atoms with E-state index in [4.69, 9.17) is 4.42 Å². The van der Waals surface area contributed by atoms with E-state index in [1.165, 1.54) is 44.5 Å². The maximum absolute atomic E-state index is 5.77. The van der Waals surface area contributed by atoms with E-state index in [-0.39, 0.29) is 0 Å². The number of hydrogen-bond acceptors (Lipinski definition) is 2. The van der Waals surface area contributed by atoms with Crippen molar-refractivity contribution in [3.63, 3.8) is 0 Å². The summed E-state index contributed by atoms with van der Waals surface area (Å²) in [6.07, 6.45) is 8.45. The van der Waals surface area contributed by atoms with Crippen LogP contribution in [0, 0.1) is 6.92 Å². The molecule has 1 aromatic heterocycles. The van der Waals surface area contributed by atoms with Crippen molar-refractivity contribution in [2.45, 2.75) is 44.4 Å². The van der Waals surface area contributed by atoms with Gasteiger partial charge in [-0.1, -0.05) is 43.3 Å². The molecule has 24 heavy (non-hydrogen) atoms. The Kier molecular flexibility index (Phi) is 4.09. The zero-order valence-corrected chi connectivity index (χ0v) is 14.8. The number of hydrogen-bond donors (Lipinski definition) is 0. The van der Waals surface area contributed by atoms with E-state index in [0.717, 1.165) is 11.5 Å². The van der Waals surface area contributed by atoms with Crippen LogP contribution >= 0.6 is 0 Å². The second kappa shape index (κ2) is 6.25. The van der Waals surface area contributed by atoms with Crippen LogP contribution in [-0.2, 0) is 5.41 Å². The van der Waals surface area contributed by atoms with Gasteiger partial charge in [0, 0.05) is 11.3 Å². The van der Waals surface area contributed by atoms with Crippen molar-refractivity contribution in [1.29, 1.82) is 0 Å². The molecule has 1 atom stereocenters. The van der Waals surface area contributed by atoms with Crippen LogP contribution in [0.1, 0.15) is 54.8 Å². The molecule has 0 amide bonds. The summed E-state index contributed by atoms with van der Waals surface area (Å²) in [6.45, 7) is 7.86. The Balaban J connectivity index is 1.33. The van der Waals surface area contributed by atoms with Crippen molar-refractivity contribution in [2.24, 2.45) is 0 Å². The van der Waals surface area contributed by atoms with E-state index in [1.54, 1.807) is 5.56 Å². The maximum atomic E-state index is 5.77. The van der Waals surface area contributed by atoms with Gasteiger partial charge in [0.05, 0.1) is 0 Å². The van der Waals surface area contributed by atoms with Crippen molar-refractivity contribution in [1.82, 2.24) is 4.90 Å². The Labute approximate surface area is 145 Å². The summed E-state index contributed by atoms with van der Waals surface area (Å²) < 4.78 is 5.77. The largest absolute Gasteiger partial charge is 0.466 e. The molecular weight excluding hydrogens is 294 g/mol. The minimum absolute atomic E-state index is 0.302. The summed E-state index contributed by atoms with van der Waals surface area (Å²) in [4.78, 5) is 2.63. The molecule has 1 aliphatic heterocycles. The number of allylic oxidation sites excluding steroid dienone is 1. The van der Waals surface area contributed by atoms with Gasteiger partial charge in [0.15, 0.2) is 0 Å². The molecule has 126 valence electrons. The van der Waals surface area contributed by atoms with Crippen molar-refractivity contribution in [3.05, 3.63) is 65.1 Å². The topological polar surface area (TPSA) is 16.4 Å². The number of furan rings is 1. The van der Waals surface area contributed by atoms with Crippen molar-refractivity contribution >= 4 is 6.08 Å². The van der Waals surface area contributed by atoms with Crippen molar-refractivity contribution in [3.8, 4) is 0 Å². The van der Waals surface area contributed by atoms with E-state index in [2.05, 4.69) is 60.4 Å². The summed E-state index contributed by atoms with van der Waals surface area (Å²) in [5, 5.41) is 0. The second-order valence-electron chi connectivity index (χ2n) is 7.56. The van der Waals surface area contributed by atoms with Gasteiger partial charge < -0.3 is 9.32 Å². The fourth-order valence-electron chi connectivity index (χ4n) is 4.28. The highest BCUT2D eigenvalue weighted by molar-refractivity contribution is 5.65. The second-order valence-corrected chi connectivity index (χ2v) is 7.56. The number of benzene rings is 1. The van der Waals surface area contributed by atoms with E-state index in [1.807, 2.05) is 6.92 Å². The van der Waals surface area contributed by atoms with Crippen LogP contribution in [0.2, 0.25) is 0 Å². The van der Waals surface area contributed by atoms with Crippen molar-refractivity contribution < 1.29 is 4.42 Å². The zero-order valence-electron chi connectivity index (χ0n) is 14.8. The molecule has 4 rings (SSSR count). The van der Waals surface area contributed by atoms with Crippen LogP contribution in [0.3, 0.4) is 0 Å². The standard InChI is InChI=1S/C22H27NO/c1-17(21-8-7-18(2)24-21)10-14-23-15-12-22(13-16-23)11-9-19-5-3-4-6-20(19)22/h3-9,11,17H,10,12-16H2,1-2H3/t17-/m0/s1. The quantitative estimate of drug-likeness (QED) is 0.775. The molecule has 0 saturated carbocycles. The highest BCUT2D eigenvalue weighted by atomic mass is 16.3. The van der Waals surface area contributed by atoms with E-state index in [9.17, 15) is 0 Å². The Hall–Kier alpha value is -1.80. The van der Waals surface area contributed by atoms with Crippen molar-refractivity contribution in [2.75, 3.05) is 19.6 Å². The number of piperidine rings is 1. The lowest BCUT2D eigenvalue weighted by atomic mass is 9.74. The molecule has 2 nitrogen and oxygen atoms in total. The lowest BCUT2D eigenvalue weighted by Crippen LogP contribution is -2.41. The van der Waals surface area contributed by atoms with Gasteiger partial charge in [-0.15, -0.1) is 0 Å². The molecule has 0 bridgehead atoms. The predicted molar refractivity (Wildman–Crippen MR) is 99.3 cm³/mol. The van der Waals surface area contributed by atoms with E-state index < -0.39 is 0 Å². The summed E-state index contributed by atoms with van der Waals surface area (Å²) in [6, 6.07) is 13.1. The molecule has 0 radical (unpaired) electrons. The van der Waals surface area contributed by atoms with Gasteiger partial charge in [0.2, 0.25) is 0 Å². The van der Waals surface area contributed by atoms with Crippen LogP contribution in [0.15, 0.2) is 46.9 Å². The normalized spacial score (nSPS) is 20.4. The van der Waals surface area contributed by atoms with Crippen LogP contribution in [-0.4, -0.2) is 24.5 Å². The minimum atomic E-state index is 0.302.